The molecule has 0 N–H and O–H groups in total. The lowest BCUT2D eigenvalue weighted by molar-refractivity contribution is 0.0575. The molecular formula is C24H30Cl2N2O3S. The third-order valence-corrected chi connectivity index (χ3v) is 9.26. The van der Waals surface area contributed by atoms with E-state index in [0.717, 1.165) is 48.8 Å². The third-order valence-electron chi connectivity index (χ3n) is 6.53. The molecule has 5 nitrogen and oxygen atoms in total. The zero-order valence-electron chi connectivity index (χ0n) is 18.6. The summed E-state index contributed by atoms with van der Waals surface area (Å²) in [5.74, 6) is 1.04. The van der Waals surface area contributed by atoms with Crippen LogP contribution in [0, 0.1) is 12.8 Å². The number of ether oxygens (including phenoxy) is 1. The van der Waals surface area contributed by atoms with Gasteiger partial charge in [0.1, 0.15) is 5.75 Å². The lowest BCUT2D eigenvalue weighted by atomic mass is 9.82. The van der Waals surface area contributed by atoms with Crippen LogP contribution in [0.25, 0.3) is 0 Å². The zero-order chi connectivity index (χ0) is 22.9. The smallest absolute Gasteiger partial charge is 0.243 e. The van der Waals surface area contributed by atoms with Crippen molar-refractivity contribution >= 4 is 33.2 Å². The van der Waals surface area contributed by atoms with Gasteiger partial charge in [0.15, 0.2) is 0 Å². The number of halogens is 2. The molecule has 1 aliphatic carbocycles. The summed E-state index contributed by atoms with van der Waals surface area (Å²) in [5.41, 5.74) is 1.72. The Morgan fingerprint density at radius 3 is 2.50 bits per heavy atom. The van der Waals surface area contributed by atoms with E-state index in [0.29, 0.717) is 17.1 Å². The Kier molecular flexibility index (Phi) is 7.37. The van der Waals surface area contributed by atoms with Crippen molar-refractivity contribution in [2.45, 2.75) is 50.2 Å². The minimum Gasteiger partial charge on any atom is -0.490 e. The number of nitrogens with zero attached hydrogens (tertiary/aromatic N) is 2. The molecule has 2 aromatic carbocycles. The Hall–Kier alpha value is -1.31. The van der Waals surface area contributed by atoms with Crippen molar-refractivity contribution in [2.75, 3.05) is 26.7 Å². The first-order chi connectivity index (χ1) is 15.2. The van der Waals surface area contributed by atoms with Crippen molar-refractivity contribution in [2.24, 2.45) is 5.92 Å². The van der Waals surface area contributed by atoms with Crippen LogP contribution in [-0.2, 0) is 16.6 Å². The first-order valence-electron chi connectivity index (χ1n) is 11.1. The molecule has 2 fully saturated rings. The summed E-state index contributed by atoms with van der Waals surface area (Å²) in [6.07, 6.45) is 4.25. The van der Waals surface area contributed by atoms with Gasteiger partial charge in [-0.3, -0.25) is 4.90 Å². The fourth-order valence-corrected chi connectivity index (χ4v) is 6.47. The molecule has 2 aromatic rings. The molecule has 0 atom stereocenters. The lowest BCUT2D eigenvalue weighted by Gasteiger charge is -2.37. The Balaban J connectivity index is 1.29. The second kappa shape index (κ2) is 9.90. The van der Waals surface area contributed by atoms with Gasteiger partial charge in [0.25, 0.3) is 0 Å². The normalized spacial score (nSPS) is 21.7. The van der Waals surface area contributed by atoms with E-state index in [4.69, 9.17) is 27.9 Å². The van der Waals surface area contributed by atoms with E-state index in [9.17, 15) is 8.42 Å². The average molecular weight is 497 g/mol. The fourth-order valence-electron chi connectivity index (χ4n) is 4.52. The predicted molar refractivity (Wildman–Crippen MR) is 129 cm³/mol. The molecule has 4 rings (SSSR count). The quantitative estimate of drug-likeness (QED) is 0.492. The molecule has 1 saturated heterocycles. The van der Waals surface area contributed by atoms with Gasteiger partial charge in [0, 0.05) is 30.2 Å². The SMILES string of the molecule is Cc1c(Cl)cccc1S(=O)(=O)N(C)CC1CC(Oc2ccc(CN3CCCC3)c(Cl)c2)C1. The molecule has 174 valence electrons. The molecular weight excluding hydrogens is 467 g/mol. The van der Waals surface area contributed by atoms with Gasteiger partial charge in [-0.2, -0.15) is 0 Å². The van der Waals surface area contributed by atoms with Crippen LogP contribution >= 0.6 is 23.2 Å². The monoisotopic (exact) mass is 496 g/mol. The van der Waals surface area contributed by atoms with Crippen LogP contribution in [0.15, 0.2) is 41.3 Å². The third kappa shape index (κ3) is 5.26. The molecule has 1 saturated carbocycles. The Bertz CT molecular complexity index is 1060. The van der Waals surface area contributed by atoms with E-state index >= 15 is 0 Å². The molecule has 0 radical (unpaired) electrons. The van der Waals surface area contributed by atoms with Gasteiger partial charge in [-0.1, -0.05) is 35.3 Å². The van der Waals surface area contributed by atoms with E-state index in [1.165, 1.54) is 17.1 Å². The molecule has 1 aliphatic heterocycles. The minimum atomic E-state index is -3.57. The summed E-state index contributed by atoms with van der Waals surface area (Å²) < 4.78 is 33.4. The Morgan fingerprint density at radius 1 is 1.09 bits per heavy atom. The molecule has 0 bridgehead atoms. The van der Waals surface area contributed by atoms with Crippen LogP contribution in [0.4, 0.5) is 0 Å². The summed E-state index contributed by atoms with van der Waals surface area (Å²) in [5, 5.41) is 1.20. The molecule has 8 heteroatoms. The topological polar surface area (TPSA) is 49.9 Å². The van der Waals surface area contributed by atoms with Gasteiger partial charge in [-0.25, -0.2) is 12.7 Å². The Labute approximate surface area is 201 Å². The highest BCUT2D eigenvalue weighted by Gasteiger charge is 2.35. The van der Waals surface area contributed by atoms with Crippen LogP contribution < -0.4 is 4.74 Å². The fraction of sp³-hybridized carbons (Fsp3) is 0.500. The molecule has 0 spiro atoms. The van der Waals surface area contributed by atoms with Crippen LogP contribution in [0.2, 0.25) is 10.0 Å². The van der Waals surface area contributed by atoms with Crippen molar-refractivity contribution in [1.29, 1.82) is 0 Å². The molecule has 0 unspecified atom stereocenters. The highest BCUT2D eigenvalue weighted by molar-refractivity contribution is 7.89. The van der Waals surface area contributed by atoms with Crippen LogP contribution in [-0.4, -0.2) is 50.4 Å². The van der Waals surface area contributed by atoms with E-state index in [-0.39, 0.29) is 16.9 Å². The van der Waals surface area contributed by atoms with E-state index in [2.05, 4.69) is 11.0 Å². The average Bonchev–Trinajstić information content (AvgIpc) is 3.23. The summed E-state index contributed by atoms with van der Waals surface area (Å²) in [6, 6.07) is 10.9. The number of hydrogen-bond acceptors (Lipinski definition) is 4. The van der Waals surface area contributed by atoms with Crippen LogP contribution in [0.3, 0.4) is 0 Å². The van der Waals surface area contributed by atoms with E-state index in [1.54, 1.807) is 32.2 Å². The number of likely N-dealkylation sites (tertiary alicyclic amines) is 1. The number of rotatable bonds is 8. The van der Waals surface area contributed by atoms with Crippen LogP contribution in [0.5, 0.6) is 5.75 Å². The van der Waals surface area contributed by atoms with Crippen molar-refractivity contribution in [3.63, 3.8) is 0 Å². The first-order valence-corrected chi connectivity index (χ1v) is 13.3. The predicted octanol–water partition coefficient (Wildman–Crippen LogP) is 5.38. The van der Waals surface area contributed by atoms with E-state index in [1.807, 2.05) is 12.1 Å². The second-order valence-corrected chi connectivity index (χ2v) is 11.8. The highest BCUT2D eigenvalue weighted by Crippen LogP contribution is 2.35. The van der Waals surface area contributed by atoms with Gasteiger partial charge in [-0.15, -0.1) is 0 Å². The molecule has 32 heavy (non-hydrogen) atoms. The van der Waals surface area contributed by atoms with Crippen molar-refractivity contribution < 1.29 is 13.2 Å². The van der Waals surface area contributed by atoms with Crippen molar-refractivity contribution in [1.82, 2.24) is 9.21 Å². The standard InChI is InChI=1S/C24H30Cl2N2O3S/c1-17-22(25)6-5-7-24(17)32(29,30)27(2)15-18-12-21(13-18)31-20-9-8-19(23(26)14-20)16-28-10-3-4-11-28/h5-9,14,18,21H,3-4,10-13,15-16H2,1-2H3. The minimum absolute atomic E-state index is 0.0875. The summed E-state index contributed by atoms with van der Waals surface area (Å²) >= 11 is 12.6. The maximum absolute atomic E-state index is 13.0. The summed E-state index contributed by atoms with van der Waals surface area (Å²) in [4.78, 5) is 2.69. The summed E-state index contributed by atoms with van der Waals surface area (Å²) in [7, 11) is -1.95. The maximum atomic E-state index is 13.0. The number of hydrogen-bond donors (Lipinski definition) is 0. The van der Waals surface area contributed by atoms with Gasteiger partial charge < -0.3 is 4.74 Å². The Morgan fingerprint density at radius 2 is 1.81 bits per heavy atom. The van der Waals surface area contributed by atoms with Crippen molar-refractivity contribution in [3.05, 3.63) is 57.6 Å². The lowest BCUT2D eigenvalue weighted by Crippen LogP contribution is -2.42. The number of sulfonamides is 1. The molecule has 0 amide bonds. The zero-order valence-corrected chi connectivity index (χ0v) is 20.9. The molecule has 0 aromatic heterocycles. The highest BCUT2D eigenvalue weighted by atomic mass is 35.5. The van der Waals surface area contributed by atoms with Crippen LogP contribution in [0.1, 0.15) is 36.8 Å². The van der Waals surface area contributed by atoms with Gasteiger partial charge in [0.2, 0.25) is 10.0 Å². The molecule has 2 aliphatic rings. The molecule has 1 heterocycles. The summed E-state index contributed by atoms with van der Waals surface area (Å²) in [6.45, 7) is 5.36. The maximum Gasteiger partial charge on any atom is 0.243 e. The largest absolute Gasteiger partial charge is 0.490 e. The van der Waals surface area contributed by atoms with Gasteiger partial charge in [0.05, 0.1) is 11.0 Å². The first kappa shape index (κ1) is 23.8. The van der Waals surface area contributed by atoms with E-state index < -0.39 is 10.0 Å². The van der Waals surface area contributed by atoms with Gasteiger partial charge in [-0.05, 0) is 87.0 Å². The second-order valence-electron chi connectivity index (χ2n) is 8.96. The van der Waals surface area contributed by atoms with Crippen molar-refractivity contribution in [3.8, 4) is 5.75 Å². The number of benzene rings is 2. The van der Waals surface area contributed by atoms with Gasteiger partial charge >= 0.3 is 0 Å².